The van der Waals surface area contributed by atoms with Crippen LogP contribution in [0.25, 0.3) is 10.9 Å². The zero-order valence-corrected chi connectivity index (χ0v) is 16.3. The molecule has 0 bridgehead atoms. The Morgan fingerprint density at radius 2 is 1.33 bits per heavy atom. The Hall–Kier alpha value is -2.92. The molecule has 0 spiro atoms. The minimum Gasteiger partial charge on any atom is -0.365 e. The highest BCUT2D eigenvalue weighted by molar-refractivity contribution is 9.10. The van der Waals surface area contributed by atoms with Gasteiger partial charge in [-0.3, -0.25) is 0 Å². The Morgan fingerprint density at radius 3 is 2.15 bits per heavy atom. The van der Waals surface area contributed by atoms with Crippen molar-refractivity contribution in [3.05, 3.63) is 94.5 Å². The Labute approximate surface area is 166 Å². The van der Waals surface area contributed by atoms with E-state index in [2.05, 4.69) is 55.8 Å². The third kappa shape index (κ3) is 4.44. The van der Waals surface area contributed by atoms with E-state index in [4.69, 9.17) is 4.98 Å². The Kier molecular flexibility index (Phi) is 5.30. The molecular weight excluding hydrogens is 400 g/mol. The van der Waals surface area contributed by atoms with Crippen molar-refractivity contribution in [1.82, 2.24) is 9.97 Å². The van der Waals surface area contributed by atoms with Crippen LogP contribution in [0.2, 0.25) is 0 Å². The number of para-hydroxylation sites is 1. The Balaban J connectivity index is 1.56. The molecule has 4 rings (SSSR count). The normalized spacial score (nSPS) is 10.7. The highest BCUT2D eigenvalue weighted by Crippen LogP contribution is 2.23. The van der Waals surface area contributed by atoms with Crippen molar-refractivity contribution in [3.63, 3.8) is 0 Å². The molecule has 4 aromatic rings. The second-order valence-corrected chi connectivity index (χ2v) is 7.15. The van der Waals surface area contributed by atoms with Crippen LogP contribution in [-0.2, 0) is 13.1 Å². The summed E-state index contributed by atoms with van der Waals surface area (Å²) < 4.78 is 1.07. The van der Waals surface area contributed by atoms with E-state index in [0.29, 0.717) is 19.0 Å². The number of nitrogens with zero attached hydrogens (tertiary/aromatic N) is 2. The van der Waals surface area contributed by atoms with Gasteiger partial charge in [0.1, 0.15) is 5.82 Å². The third-order valence-electron chi connectivity index (χ3n) is 4.27. The summed E-state index contributed by atoms with van der Waals surface area (Å²) in [6, 6.07) is 26.6. The number of hydrogen-bond donors (Lipinski definition) is 2. The van der Waals surface area contributed by atoms with E-state index >= 15 is 0 Å². The maximum Gasteiger partial charge on any atom is 0.225 e. The predicted octanol–water partition coefficient (Wildman–Crippen LogP) is 5.62. The lowest BCUT2D eigenvalue weighted by Crippen LogP contribution is -2.08. The molecule has 0 amide bonds. The van der Waals surface area contributed by atoms with Gasteiger partial charge in [-0.2, -0.15) is 4.98 Å². The topological polar surface area (TPSA) is 49.8 Å². The molecule has 0 aliphatic carbocycles. The van der Waals surface area contributed by atoms with E-state index in [9.17, 15) is 0 Å². The van der Waals surface area contributed by atoms with Crippen molar-refractivity contribution in [3.8, 4) is 0 Å². The van der Waals surface area contributed by atoms with E-state index in [1.165, 1.54) is 11.1 Å². The van der Waals surface area contributed by atoms with Gasteiger partial charge in [0.15, 0.2) is 0 Å². The number of aromatic nitrogens is 2. The summed E-state index contributed by atoms with van der Waals surface area (Å²) in [5.74, 6) is 1.45. The molecule has 5 heteroatoms. The Morgan fingerprint density at radius 1 is 0.667 bits per heavy atom. The molecule has 1 heterocycles. The number of hydrogen-bond acceptors (Lipinski definition) is 4. The van der Waals surface area contributed by atoms with Gasteiger partial charge in [-0.05, 0) is 35.4 Å². The van der Waals surface area contributed by atoms with Crippen LogP contribution in [0.1, 0.15) is 11.1 Å². The molecule has 0 saturated heterocycles. The second kappa shape index (κ2) is 8.18. The fourth-order valence-corrected chi connectivity index (χ4v) is 3.12. The Bertz CT molecular complexity index is 1030. The van der Waals surface area contributed by atoms with E-state index in [-0.39, 0.29) is 0 Å². The zero-order chi connectivity index (χ0) is 18.5. The van der Waals surface area contributed by atoms with Crippen molar-refractivity contribution >= 4 is 38.6 Å². The molecule has 2 N–H and O–H groups in total. The van der Waals surface area contributed by atoms with Crippen molar-refractivity contribution in [2.45, 2.75) is 13.1 Å². The summed E-state index contributed by atoms with van der Waals surface area (Å²) in [5.41, 5.74) is 3.31. The number of anilines is 2. The molecule has 3 aromatic carbocycles. The number of fused-ring (bicyclic) bond motifs is 1. The predicted molar refractivity (Wildman–Crippen MR) is 115 cm³/mol. The van der Waals surface area contributed by atoms with Gasteiger partial charge in [0.2, 0.25) is 5.95 Å². The van der Waals surface area contributed by atoms with Crippen LogP contribution < -0.4 is 10.6 Å². The van der Waals surface area contributed by atoms with Crippen molar-refractivity contribution in [2.75, 3.05) is 10.6 Å². The molecule has 0 aliphatic rings. The summed E-state index contributed by atoms with van der Waals surface area (Å²) >= 11 is 3.46. The van der Waals surface area contributed by atoms with Crippen LogP contribution in [0.5, 0.6) is 0 Å². The monoisotopic (exact) mass is 418 g/mol. The molecule has 0 saturated carbocycles. The van der Waals surface area contributed by atoms with E-state index in [1.807, 2.05) is 54.6 Å². The van der Waals surface area contributed by atoms with Crippen LogP contribution in [0.4, 0.5) is 11.8 Å². The molecule has 134 valence electrons. The average molecular weight is 419 g/mol. The van der Waals surface area contributed by atoms with E-state index in [0.717, 1.165) is 21.2 Å². The molecule has 1 aromatic heterocycles. The van der Waals surface area contributed by atoms with Gasteiger partial charge in [-0.25, -0.2) is 4.98 Å². The van der Waals surface area contributed by atoms with Crippen molar-refractivity contribution in [2.24, 2.45) is 0 Å². The molecule has 0 fully saturated rings. The van der Waals surface area contributed by atoms with Crippen molar-refractivity contribution in [1.29, 1.82) is 0 Å². The highest BCUT2D eigenvalue weighted by Gasteiger charge is 2.07. The molecule has 0 aliphatic heterocycles. The van der Waals surface area contributed by atoms with Crippen LogP contribution in [0, 0.1) is 0 Å². The first kappa shape index (κ1) is 17.5. The fourth-order valence-electron chi connectivity index (χ4n) is 2.86. The molecular formula is C22H19BrN4. The van der Waals surface area contributed by atoms with Gasteiger partial charge in [-0.1, -0.05) is 70.5 Å². The summed E-state index contributed by atoms with van der Waals surface area (Å²) in [7, 11) is 0. The molecule has 27 heavy (non-hydrogen) atoms. The number of benzene rings is 3. The van der Waals surface area contributed by atoms with Gasteiger partial charge in [0.25, 0.3) is 0 Å². The maximum atomic E-state index is 4.71. The first-order chi connectivity index (χ1) is 13.3. The lowest BCUT2D eigenvalue weighted by Gasteiger charge is -2.12. The highest BCUT2D eigenvalue weighted by atomic mass is 79.9. The standard InChI is InChI=1S/C22H19BrN4/c23-18-12-10-17(11-13-18)15-25-22-26-20-9-5-4-8-19(20)21(27-22)24-14-16-6-2-1-3-7-16/h1-13H,14-15H2,(H2,24,25,26,27). The van der Waals surface area contributed by atoms with Crippen LogP contribution in [0.3, 0.4) is 0 Å². The first-order valence-corrected chi connectivity index (χ1v) is 9.60. The van der Waals surface area contributed by atoms with Gasteiger partial charge in [0, 0.05) is 22.9 Å². The van der Waals surface area contributed by atoms with Gasteiger partial charge in [-0.15, -0.1) is 0 Å². The van der Waals surface area contributed by atoms with E-state index < -0.39 is 0 Å². The van der Waals surface area contributed by atoms with Gasteiger partial charge >= 0.3 is 0 Å². The SMILES string of the molecule is Brc1ccc(CNc2nc(NCc3ccccc3)c3ccccc3n2)cc1. The lowest BCUT2D eigenvalue weighted by molar-refractivity contribution is 1.05. The quantitative estimate of drug-likeness (QED) is 0.426. The summed E-state index contributed by atoms with van der Waals surface area (Å²) in [6.07, 6.45) is 0. The average Bonchev–Trinajstić information content (AvgIpc) is 2.72. The van der Waals surface area contributed by atoms with Gasteiger partial charge < -0.3 is 10.6 Å². The summed E-state index contributed by atoms with van der Waals surface area (Å²) in [6.45, 7) is 1.39. The fraction of sp³-hybridized carbons (Fsp3) is 0.0909. The van der Waals surface area contributed by atoms with E-state index in [1.54, 1.807) is 0 Å². The molecule has 0 atom stereocenters. The number of nitrogens with one attached hydrogen (secondary N) is 2. The molecule has 0 radical (unpaired) electrons. The largest absolute Gasteiger partial charge is 0.365 e. The minimum atomic E-state index is 0.618. The summed E-state index contributed by atoms with van der Waals surface area (Å²) in [4.78, 5) is 9.36. The third-order valence-corrected chi connectivity index (χ3v) is 4.80. The maximum absolute atomic E-state index is 4.71. The second-order valence-electron chi connectivity index (χ2n) is 6.23. The number of rotatable bonds is 6. The zero-order valence-electron chi connectivity index (χ0n) is 14.7. The lowest BCUT2D eigenvalue weighted by atomic mass is 10.2. The smallest absolute Gasteiger partial charge is 0.225 e. The minimum absolute atomic E-state index is 0.618. The van der Waals surface area contributed by atoms with Crippen molar-refractivity contribution < 1.29 is 0 Å². The first-order valence-electron chi connectivity index (χ1n) is 8.81. The molecule has 0 unspecified atom stereocenters. The van der Waals surface area contributed by atoms with Crippen LogP contribution in [-0.4, -0.2) is 9.97 Å². The van der Waals surface area contributed by atoms with Gasteiger partial charge in [0.05, 0.1) is 5.52 Å². The van der Waals surface area contributed by atoms with Crippen LogP contribution >= 0.6 is 15.9 Å². The number of halogens is 1. The molecule has 4 nitrogen and oxygen atoms in total. The summed E-state index contributed by atoms with van der Waals surface area (Å²) in [5, 5.41) is 7.80. The van der Waals surface area contributed by atoms with Crippen LogP contribution in [0.15, 0.2) is 83.3 Å².